The largest absolute Gasteiger partial charge is 0.378 e. The third kappa shape index (κ3) is 3.57. The summed E-state index contributed by atoms with van der Waals surface area (Å²) in [6, 6.07) is 25.3. The predicted molar refractivity (Wildman–Crippen MR) is 136 cm³/mol. The van der Waals surface area contributed by atoms with Crippen LogP contribution < -0.4 is 9.80 Å². The lowest BCUT2D eigenvalue weighted by molar-refractivity contribution is 0.0892. The Bertz CT molecular complexity index is 1450. The molecule has 2 amide bonds. The molecule has 0 saturated carbocycles. The minimum atomic E-state index is -0.393. The van der Waals surface area contributed by atoms with Crippen LogP contribution in [-0.4, -0.2) is 31.7 Å². The number of rotatable bonds is 5. The smallest absolute Gasteiger partial charge is 0.265 e. The van der Waals surface area contributed by atoms with Crippen LogP contribution in [0.15, 0.2) is 91.0 Å². The van der Waals surface area contributed by atoms with Gasteiger partial charge >= 0.3 is 0 Å². The highest BCUT2D eigenvalue weighted by molar-refractivity contribution is 6.37. The summed E-state index contributed by atoms with van der Waals surface area (Å²) in [6.45, 7) is 0. The van der Waals surface area contributed by atoms with E-state index >= 15 is 0 Å². The van der Waals surface area contributed by atoms with E-state index in [2.05, 4.69) is 0 Å². The third-order valence-corrected chi connectivity index (χ3v) is 6.02. The molecule has 34 heavy (non-hydrogen) atoms. The minimum Gasteiger partial charge on any atom is -0.378 e. The molecular weight excluding hydrogens is 424 g/mol. The molecule has 5 heteroatoms. The van der Waals surface area contributed by atoms with Crippen molar-refractivity contribution in [3.63, 3.8) is 0 Å². The molecule has 0 fully saturated rings. The van der Waals surface area contributed by atoms with Crippen LogP contribution in [0, 0.1) is 0 Å². The van der Waals surface area contributed by atoms with Gasteiger partial charge in [0.15, 0.2) is 5.78 Å². The topological polar surface area (TPSA) is 57.7 Å². The summed E-state index contributed by atoms with van der Waals surface area (Å²) in [6.07, 6.45) is 3.29. The van der Waals surface area contributed by atoms with Crippen LogP contribution in [0.1, 0.15) is 36.6 Å². The van der Waals surface area contributed by atoms with Gasteiger partial charge in [0.05, 0.1) is 5.69 Å². The second-order valence-electron chi connectivity index (χ2n) is 8.35. The van der Waals surface area contributed by atoms with Crippen molar-refractivity contribution in [1.82, 2.24) is 0 Å². The van der Waals surface area contributed by atoms with E-state index in [1.807, 2.05) is 49.3 Å². The van der Waals surface area contributed by atoms with E-state index in [1.165, 1.54) is 11.0 Å². The molecule has 0 spiro atoms. The van der Waals surface area contributed by atoms with Gasteiger partial charge in [-0.1, -0.05) is 48.5 Å². The molecule has 0 radical (unpaired) electrons. The maximum absolute atomic E-state index is 13.3. The van der Waals surface area contributed by atoms with E-state index in [1.54, 1.807) is 60.7 Å². The molecule has 1 aliphatic rings. The Morgan fingerprint density at radius 1 is 0.765 bits per heavy atom. The Hall–Kier alpha value is -4.51. The maximum Gasteiger partial charge on any atom is 0.265 e. The van der Waals surface area contributed by atoms with E-state index < -0.39 is 11.8 Å². The van der Waals surface area contributed by atoms with Crippen molar-refractivity contribution in [2.45, 2.75) is 0 Å². The average molecular weight is 447 g/mol. The van der Waals surface area contributed by atoms with E-state index in [9.17, 15) is 14.4 Å². The number of hydrogen-bond donors (Lipinski definition) is 0. The summed E-state index contributed by atoms with van der Waals surface area (Å²) in [5.74, 6) is -0.975. The van der Waals surface area contributed by atoms with Crippen LogP contribution >= 0.6 is 0 Å². The third-order valence-electron chi connectivity index (χ3n) is 6.02. The standard InChI is InChI=1S/C29H22N2O3/c1-30(2)20-14-11-19(12-15-20)13-18-26(32)22-16-17-25-27-23(22)9-6-10-24(27)28(33)31(29(25)34)21-7-4-3-5-8-21/h3-18H,1-2H3/b18-13-. The lowest BCUT2D eigenvalue weighted by atomic mass is 9.89. The first-order chi connectivity index (χ1) is 16.5. The Balaban J connectivity index is 1.53. The van der Waals surface area contributed by atoms with Gasteiger partial charge in [-0.05, 0) is 59.5 Å². The van der Waals surface area contributed by atoms with Crippen molar-refractivity contribution >= 4 is 45.8 Å². The lowest BCUT2D eigenvalue weighted by Crippen LogP contribution is -2.40. The summed E-state index contributed by atoms with van der Waals surface area (Å²) in [7, 11) is 3.95. The van der Waals surface area contributed by atoms with Crippen LogP contribution in [0.5, 0.6) is 0 Å². The molecule has 5 nitrogen and oxygen atoms in total. The van der Waals surface area contributed by atoms with Crippen molar-refractivity contribution < 1.29 is 14.4 Å². The quantitative estimate of drug-likeness (QED) is 0.227. The fourth-order valence-electron chi connectivity index (χ4n) is 4.27. The van der Waals surface area contributed by atoms with Crippen molar-refractivity contribution in [3.05, 3.63) is 113 Å². The summed E-state index contributed by atoms with van der Waals surface area (Å²) < 4.78 is 0. The SMILES string of the molecule is CN(C)c1ccc(/C=C\C(=O)c2ccc3c4c(cccc24)C(=O)N(c2ccccc2)C3=O)cc1. The zero-order valence-corrected chi connectivity index (χ0v) is 18.9. The predicted octanol–water partition coefficient (Wildman–Crippen LogP) is 5.60. The second kappa shape index (κ2) is 8.45. The van der Waals surface area contributed by atoms with Crippen molar-refractivity contribution in [2.24, 2.45) is 0 Å². The highest BCUT2D eigenvalue weighted by Crippen LogP contribution is 2.34. The van der Waals surface area contributed by atoms with Crippen molar-refractivity contribution in [3.8, 4) is 0 Å². The summed E-state index contributed by atoms with van der Waals surface area (Å²) in [4.78, 5) is 42.9. The number of allylic oxidation sites excluding steroid dienone is 1. The van der Waals surface area contributed by atoms with Gasteiger partial charge < -0.3 is 4.90 Å². The van der Waals surface area contributed by atoms with Gasteiger partial charge in [-0.15, -0.1) is 0 Å². The van der Waals surface area contributed by atoms with Crippen molar-refractivity contribution in [2.75, 3.05) is 23.9 Å². The second-order valence-corrected chi connectivity index (χ2v) is 8.35. The number of benzene rings is 4. The fraction of sp³-hybridized carbons (Fsp3) is 0.0690. The highest BCUT2D eigenvalue weighted by atomic mass is 16.2. The molecule has 4 aromatic carbocycles. The number of imide groups is 1. The van der Waals surface area contributed by atoms with Crippen LogP contribution in [0.3, 0.4) is 0 Å². The van der Waals surface area contributed by atoms with Gasteiger partial charge in [-0.3, -0.25) is 14.4 Å². The van der Waals surface area contributed by atoms with E-state index in [-0.39, 0.29) is 5.78 Å². The highest BCUT2D eigenvalue weighted by Gasteiger charge is 2.34. The van der Waals surface area contributed by atoms with Crippen LogP contribution in [0.25, 0.3) is 16.8 Å². The zero-order chi connectivity index (χ0) is 23.8. The summed E-state index contributed by atoms with van der Waals surface area (Å²) >= 11 is 0. The number of hydrogen-bond acceptors (Lipinski definition) is 4. The Labute approximate surface area is 197 Å². The molecule has 0 atom stereocenters. The van der Waals surface area contributed by atoms with Gasteiger partial charge in [-0.25, -0.2) is 4.90 Å². The van der Waals surface area contributed by atoms with Gasteiger partial charge in [0.25, 0.3) is 11.8 Å². The molecule has 0 aliphatic carbocycles. The number of nitrogens with zero attached hydrogens (tertiary/aromatic N) is 2. The molecule has 0 aromatic heterocycles. The molecule has 0 bridgehead atoms. The molecule has 0 unspecified atom stereocenters. The van der Waals surface area contributed by atoms with E-state index in [0.29, 0.717) is 33.2 Å². The Kier molecular flexibility index (Phi) is 5.30. The first-order valence-electron chi connectivity index (χ1n) is 10.9. The maximum atomic E-state index is 13.3. The molecule has 1 heterocycles. The van der Waals surface area contributed by atoms with Crippen LogP contribution in [-0.2, 0) is 0 Å². The molecule has 0 saturated heterocycles. The number of amides is 2. The number of carbonyl (C=O) groups is 3. The van der Waals surface area contributed by atoms with E-state index in [0.717, 1.165) is 11.3 Å². The zero-order valence-electron chi connectivity index (χ0n) is 18.9. The molecule has 0 N–H and O–H groups in total. The number of ketones is 1. The molecule has 1 aliphatic heterocycles. The molecule has 4 aromatic rings. The molecular formula is C29H22N2O3. The van der Waals surface area contributed by atoms with Crippen molar-refractivity contribution in [1.29, 1.82) is 0 Å². The van der Waals surface area contributed by atoms with Gasteiger partial charge in [0.1, 0.15) is 0 Å². The molecule has 166 valence electrons. The normalized spacial score (nSPS) is 13.1. The first kappa shape index (κ1) is 21.3. The molecule has 5 rings (SSSR count). The van der Waals surface area contributed by atoms with Crippen LogP contribution in [0.2, 0.25) is 0 Å². The lowest BCUT2D eigenvalue weighted by Gasteiger charge is -2.27. The summed E-state index contributed by atoms with van der Waals surface area (Å²) in [5, 5.41) is 1.13. The van der Waals surface area contributed by atoms with Gasteiger partial charge in [0.2, 0.25) is 0 Å². The summed E-state index contributed by atoms with van der Waals surface area (Å²) in [5.41, 5.74) is 3.78. The number of anilines is 2. The first-order valence-corrected chi connectivity index (χ1v) is 10.9. The van der Waals surface area contributed by atoms with Gasteiger partial charge in [-0.2, -0.15) is 0 Å². The average Bonchev–Trinajstić information content (AvgIpc) is 2.86. The monoisotopic (exact) mass is 446 g/mol. The minimum absolute atomic E-state index is 0.189. The van der Waals surface area contributed by atoms with E-state index in [4.69, 9.17) is 0 Å². The van der Waals surface area contributed by atoms with Crippen LogP contribution in [0.4, 0.5) is 11.4 Å². The number of carbonyl (C=O) groups excluding carboxylic acids is 3. The Morgan fingerprint density at radius 3 is 2.12 bits per heavy atom. The van der Waals surface area contributed by atoms with Gasteiger partial charge in [0, 0.05) is 41.9 Å². The Morgan fingerprint density at radius 2 is 1.44 bits per heavy atom. The fourth-order valence-corrected chi connectivity index (χ4v) is 4.27. The number of para-hydroxylation sites is 1.